The maximum atomic E-state index is 13.3. The fourth-order valence-corrected chi connectivity index (χ4v) is 5.36. The van der Waals surface area contributed by atoms with Gasteiger partial charge in [0.15, 0.2) is 0 Å². The van der Waals surface area contributed by atoms with Crippen LogP contribution < -0.4 is 10.6 Å². The van der Waals surface area contributed by atoms with E-state index in [0.29, 0.717) is 6.54 Å². The molecule has 5 rings (SSSR count). The zero-order chi connectivity index (χ0) is 19.3. The van der Waals surface area contributed by atoms with Crippen LogP contribution >= 0.6 is 0 Å². The number of anilines is 1. The largest absolute Gasteiger partial charge is 0.352 e. The molecule has 2 aromatic rings. The molecule has 2 N–H and O–H groups in total. The summed E-state index contributed by atoms with van der Waals surface area (Å²) in [6.45, 7) is 4.12. The molecule has 0 bridgehead atoms. The maximum absolute atomic E-state index is 13.3. The lowest BCUT2D eigenvalue weighted by molar-refractivity contribution is -0.137. The number of hydrogen-bond acceptors (Lipinski definition) is 4. The van der Waals surface area contributed by atoms with E-state index in [4.69, 9.17) is 0 Å². The Balaban J connectivity index is 1.46. The molecule has 146 valence electrons. The van der Waals surface area contributed by atoms with Gasteiger partial charge in [0, 0.05) is 42.1 Å². The molecular formula is C21H25N5O2. The summed E-state index contributed by atoms with van der Waals surface area (Å²) < 4.78 is 1.84. The van der Waals surface area contributed by atoms with Crippen molar-refractivity contribution in [1.29, 1.82) is 0 Å². The van der Waals surface area contributed by atoms with Gasteiger partial charge in [-0.3, -0.25) is 19.2 Å². The summed E-state index contributed by atoms with van der Waals surface area (Å²) in [5.41, 5.74) is 1.87. The van der Waals surface area contributed by atoms with Crippen LogP contribution in [-0.4, -0.2) is 39.1 Å². The first-order valence-electron chi connectivity index (χ1n) is 10.1. The van der Waals surface area contributed by atoms with Crippen molar-refractivity contribution < 1.29 is 9.59 Å². The molecule has 3 aliphatic heterocycles. The summed E-state index contributed by atoms with van der Waals surface area (Å²) in [5.74, 6) is -0.495. The zero-order valence-corrected chi connectivity index (χ0v) is 16.0. The summed E-state index contributed by atoms with van der Waals surface area (Å²) >= 11 is 0. The number of fused-ring (bicyclic) bond motifs is 4. The molecule has 3 atom stereocenters. The molecule has 4 heterocycles. The summed E-state index contributed by atoms with van der Waals surface area (Å²) in [6, 6.07) is 8.10. The summed E-state index contributed by atoms with van der Waals surface area (Å²) in [7, 11) is 0. The maximum Gasteiger partial charge on any atom is 0.250 e. The predicted molar refractivity (Wildman–Crippen MR) is 104 cm³/mol. The van der Waals surface area contributed by atoms with Crippen molar-refractivity contribution in [3.8, 4) is 0 Å². The highest BCUT2D eigenvalue weighted by atomic mass is 16.2. The highest BCUT2D eigenvalue weighted by Gasteiger charge is 2.65. The number of nitrogens with zero attached hydrogens (tertiary/aromatic N) is 3. The number of nitrogens with one attached hydrogen (secondary N) is 2. The first-order valence-corrected chi connectivity index (χ1v) is 10.1. The third-order valence-corrected chi connectivity index (χ3v) is 6.57. The van der Waals surface area contributed by atoms with Gasteiger partial charge in [0.2, 0.25) is 11.8 Å². The Morgan fingerprint density at radius 2 is 2.25 bits per heavy atom. The number of rotatable bonds is 4. The minimum atomic E-state index is -0.880. The number of hydrogen-bond donors (Lipinski definition) is 2. The average molecular weight is 379 g/mol. The highest BCUT2D eigenvalue weighted by molar-refractivity contribution is 6.09. The minimum Gasteiger partial charge on any atom is -0.352 e. The lowest BCUT2D eigenvalue weighted by atomic mass is 9.78. The van der Waals surface area contributed by atoms with Crippen LogP contribution in [0.1, 0.15) is 37.3 Å². The Hall–Kier alpha value is -2.67. The topological polar surface area (TPSA) is 79.3 Å². The number of amides is 2. The van der Waals surface area contributed by atoms with E-state index in [9.17, 15) is 9.59 Å². The van der Waals surface area contributed by atoms with Crippen LogP contribution in [0.15, 0.2) is 36.7 Å². The smallest absolute Gasteiger partial charge is 0.250 e. The quantitative estimate of drug-likeness (QED) is 0.850. The fraction of sp³-hybridized carbons (Fsp3) is 0.476. The Bertz CT molecular complexity index is 938. The summed E-state index contributed by atoms with van der Waals surface area (Å²) in [6.07, 6.45) is 6.57. The van der Waals surface area contributed by atoms with Crippen molar-refractivity contribution in [1.82, 2.24) is 20.0 Å². The third kappa shape index (κ3) is 2.35. The van der Waals surface area contributed by atoms with Gasteiger partial charge in [-0.1, -0.05) is 18.2 Å². The monoisotopic (exact) mass is 379 g/mol. The Kier molecular flexibility index (Phi) is 4.01. The number of aryl methyl sites for hydroxylation is 1. The summed E-state index contributed by atoms with van der Waals surface area (Å²) in [4.78, 5) is 28.9. The normalized spacial score (nSPS) is 28.4. The van der Waals surface area contributed by atoms with E-state index in [-0.39, 0.29) is 23.8 Å². The van der Waals surface area contributed by atoms with Crippen LogP contribution in [0.4, 0.5) is 5.69 Å². The van der Waals surface area contributed by atoms with Crippen molar-refractivity contribution in [3.05, 3.63) is 47.8 Å². The van der Waals surface area contributed by atoms with Gasteiger partial charge in [-0.2, -0.15) is 5.10 Å². The Morgan fingerprint density at radius 3 is 3.07 bits per heavy atom. The van der Waals surface area contributed by atoms with Crippen LogP contribution in [0, 0.1) is 5.92 Å². The van der Waals surface area contributed by atoms with Gasteiger partial charge in [-0.25, -0.2) is 0 Å². The number of carbonyl (C=O) groups is 2. The Morgan fingerprint density at radius 1 is 1.39 bits per heavy atom. The third-order valence-electron chi connectivity index (χ3n) is 6.57. The van der Waals surface area contributed by atoms with Crippen LogP contribution in [0.3, 0.4) is 0 Å². The minimum absolute atomic E-state index is 0.0505. The van der Waals surface area contributed by atoms with E-state index in [2.05, 4.69) is 20.6 Å². The molecule has 7 heteroatoms. The van der Waals surface area contributed by atoms with Crippen molar-refractivity contribution in [2.24, 2.45) is 5.92 Å². The van der Waals surface area contributed by atoms with Crippen molar-refractivity contribution in [2.45, 2.75) is 50.9 Å². The molecule has 7 nitrogen and oxygen atoms in total. The molecule has 0 radical (unpaired) electrons. The molecule has 3 aliphatic rings. The van der Waals surface area contributed by atoms with Crippen LogP contribution in [0.25, 0.3) is 0 Å². The molecule has 1 aromatic heterocycles. The average Bonchev–Trinajstić information content (AvgIpc) is 3.45. The number of benzene rings is 1. The van der Waals surface area contributed by atoms with Crippen LogP contribution in [0.5, 0.6) is 0 Å². The van der Waals surface area contributed by atoms with Crippen LogP contribution in [0.2, 0.25) is 0 Å². The molecule has 0 saturated carbocycles. The van der Waals surface area contributed by atoms with Gasteiger partial charge in [-0.15, -0.1) is 0 Å². The number of aromatic nitrogens is 2. The lowest BCUT2D eigenvalue weighted by Gasteiger charge is -2.36. The van der Waals surface area contributed by atoms with E-state index in [1.165, 1.54) is 0 Å². The molecular weight excluding hydrogens is 354 g/mol. The predicted octanol–water partition coefficient (Wildman–Crippen LogP) is 1.85. The second kappa shape index (κ2) is 6.44. The second-order valence-corrected chi connectivity index (χ2v) is 7.97. The SMILES string of the molecule is CCn1cc(CNC(=O)[C@@H]2C[C@H]3CCCN3[C@]23C(=O)Nc2ccccc23)cn1. The van der Waals surface area contributed by atoms with Crippen molar-refractivity contribution in [3.63, 3.8) is 0 Å². The second-order valence-electron chi connectivity index (χ2n) is 7.97. The van der Waals surface area contributed by atoms with E-state index >= 15 is 0 Å². The number of para-hydroxylation sites is 1. The standard InChI is InChI=1S/C21H25N5O2/c1-2-25-13-14(12-23-25)11-22-19(27)17-10-15-6-5-9-26(15)21(17)16-7-3-4-8-18(16)24-20(21)28/h3-4,7-8,12-13,15,17H,2,5-6,9-11H2,1H3,(H,22,27)(H,24,28)/t15-,17+,21+/m1/s1. The van der Waals surface area contributed by atoms with E-state index in [1.54, 1.807) is 6.20 Å². The van der Waals surface area contributed by atoms with Gasteiger partial charge < -0.3 is 10.6 Å². The van der Waals surface area contributed by atoms with E-state index < -0.39 is 5.54 Å². The molecule has 28 heavy (non-hydrogen) atoms. The molecule has 0 aliphatic carbocycles. The molecule has 1 spiro atoms. The fourth-order valence-electron chi connectivity index (χ4n) is 5.36. The summed E-state index contributed by atoms with van der Waals surface area (Å²) in [5, 5.41) is 10.4. The number of carbonyl (C=O) groups excluding carboxylic acids is 2. The zero-order valence-electron chi connectivity index (χ0n) is 16.0. The first-order chi connectivity index (χ1) is 13.6. The van der Waals surface area contributed by atoms with Crippen LogP contribution in [-0.2, 0) is 28.2 Å². The molecule has 1 aromatic carbocycles. The molecule has 2 amide bonds. The molecule has 0 unspecified atom stereocenters. The molecule has 2 fully saturated rings. The van der Waals surface area contributed by atoms with Gasteiger partial charge in [0.25, 0.3) is 0 Å². The van der Waals surface area contributed by atoms with E-state index in [0.717, 1.165) is 49.2 Å². The molecule has 2 saturated heterocycles. The lowest BCUT2D eigenvalue weighted by Crippen LogP contribution is -2.54. The van der Waals surface area contributed by atoms with Crippen molar-refractivity contribution >= 4 is 17.5 Å². The first kappa shape index (κ1) is 17.4. The highest BCUT2D eigenvalue weighted by Crippen LogP contribution is 2.55. The van der Waals surface area contributed by atoms with Crippen molar-refractivity contribution in [2.75, 3.05) is 11.9 Å². The Labute approximate surface area is 164 Å². The van der Waals surface area contributed by atoms with Gasteiger partial charge in [-0.05, 0) is 38.8 Å². The van der Waals surface area contributed by atoms with Gasteiger partial charge >= 0.3 is 0 Å². The van der Waals surface area contributed by atoms with Gasteiger partial charge in [0.1, 0.15) is 5.54 Å². The van der Waals surface area contributed by atoms with Gasteiger partial charge in [0.05, 0.1) is 12.1 Å². The van der Waals surface area contributed by atoms with E-state index in [1.807, 2.05) is 42.1 Å².